The molecular formula is C21H23N5OS. The zero-order chi connectivity index (χ0) is 19.2. The SMILES string of the molecule is O=C(c1cn(C/C=C/c2ccccc2)nn1)N1CCN(Cc2cccs2)CC1. The van der Waals surface area contributed by atoms with Crippen LogP contribution in [0.15, 0.2) is 60.1 Å². The van der Waals surface area contributed by atoms with E-state index in [-0.39, 0.29) is 5.91 Å². The normalized spacial score (nSPS) is 15.4. The van der Waals surface area contributed by atoms with Crippen molar-refractivity contribution in [3.05, 3.63) is 76.3 Å². The second kappa shape index (κ2) is 8.95. The summed E-state index contributed by atoms with van der Waals surface area (Å²) in [6.45, 7) is 4.78. The van der Waals surface area contributed by atoms with Gasteiger partial charge in [0.25, 0.3) is 5.91 Å². The summed E-state index contributed by atoms with van der Waals surface area (Å²) in [5.41, 5.74) is 1.55. The molecule has 0 unspecified atom stereocenters. The molecule has 144 valence electrons. The van der Waals surface area contributed by atoms with Gasteiger partial charge in [-0.15, -0.1) is 16.4 Å². The lowest BCUT2D eigenvalue weighted by Crippen LogP contribution is -2.48. The third kappa shape index (κ3) is 4.74. The molecule has 0 atom stereocenters. The van der Waals surface area contributed by atoms with E-state index in [2.05, 4.69) is 32.7 Å². The smallest absolute Gasteiger partial charge is 0.276 e. The first kappa shape index (κ1) is 18.6. The Balaban J connectivity index is 1.28. The lowest BCUT2D eigenvalue weighted by molar-refractivity contribution is 0.0624. The van der Waals surface area contributed by atoms with Gasteiger partial charge in [0.2, 0.25) is 0 Å². The summed E-state index contributed by atoms with van der Waals surface area (Å²) in [6.07, 6.45) is 5.79. The van der Waals surface area contributed by atoms with E-state index in [9.17, 15) is 4.79 Å². The molecule has 1 fully saturated rings. The Hall–Kier alpha value is -2.77. The molecule has 0 aliphatic carbocycles. The van der Waals surface area contributed by atoms with Crippen molar-refractivity contribution in [3.63, 3.8) is 0 Å². The number of hydrogen-bond donors (Lipinski definition) is 0. The molecule has 3 aromatic rings. The number of carbonyl (C=O) groups is 1. The van der Waals surface area contributed by atoms with Gasteiger partial charge in [-0.05, 0) is 17.0 Å². The van der Waals surface area contributed by atoms with Crippen LogP contribution in [0, 0.1) is 0 Å². The maximum Gasteiger partial charge on any atom is 0.276 e. The Kier molecular flexibility index (Phi) is 5.94. The molecule has 1 saturated heterocycles. The van der Waals surface area contributed by atoms with Crippen LogP contribution in [0.2, 0.25) is 0 Å². The predicted octanol–water partition coefficient (Wildman–Crippen LogP) is 3.01. The molecule has 0 N–H and O–H groups in total. The van der Waals surface area contributed by atoms with Gasteiger partial charge in [-0.3, -0.25) is 9.69 Å². The summed E-state index contributed by atoms with van der Waals surface area (Å²) in [7, 11) is 0. The monoisotopic (exact) mass is 393 g/mol. The molecule has 0 bridgehead atoms. The molecule has 0 radical (unpaired) electrons. The van der Waals surface area contributed by atoms with Crippen molar-refractivity contribution >= 4 is 23.3 Å². The topological polar surface area (TPSA) is 54.3 Å². The van der Waals surface area contributed by atoms with Crippen LogP contribution in [0.3, 0.4) is 0 Å². The average molecular weight is 394 g/mol. The van der Waals surface area contributed by atoms with Gasteiger partial charge in [0.15, 0.2) is 5.69 Å². The quantitative estimate of drug-likeness (QED) is 0.646. The third-order valence-corrected chi connectivity index (χ3v) is 5.64. The number of carbonyl (C=O) groups excluding carboxylic acids is 1. The van der Waals surface area contributed by atoms with Gasteiger partial charge < -0.3 is 4.90 Å². The first-order chi connectivity index (χ1) is 13.8. The van der Waals surface area contributed by atoms with Crippen LogP contribution in [-0.2, 0) is 13.1 Å². The number of aromatic nitrogens is 3. The number of benzene rings is 1. The number of nitrogens with zero attached hydrogens (tertiary/aromatic N) is 5. The average Bonchev–Trinajstić information content (AvgIpc) is 3.41. The van der Waals surface area contributed by atoms with Crippen LogP contribution in [0.5, 0.6) is 0 Å². The van der Waals surface area contributed by atoms with Crippen LogP contribution in [0.25, 0.3) is 6.08 Å². The standard InChI is InChI=1S/C21H23N5OS/c27-21(25-13-11-24(12-14-25)16-19-9-5-15-28-19)20-17-26(23-22-20)10-4-8-18-6-2-1-3-7-18/h1-9,15,17H,10-14,16H2/b8-4+. The minimum absolute atomic E-state index is 0.0333. The second-order valence-corrected chi connectivity index (χ2v) is 7.82. The predicted molar refractivity (Wildman–Crippen MR) is 111 cm³/mol. The third-order valence-electron chi connectivity index (χ3n) is 4.78. The highest BCUT2D eigenvalue weighted by molar-refractivity contribution is 7.09. The van der Waals surface area contributed by atoms with Gasteiger partial charge in [0.1, 0.15) is 0 Å². The van der Waals surface area contributed by atoms with E-state index >= 15 is 0 Å². The lowest BCUT2D eigenvalue weighted by atomic mass is 10.2. The molecule has 1 aromatic carbocycles. The van der Waals surface area contributed by atoms with Gasteiger partial charge >= 0.3 is 0 Å². The molecule has 0 saturated carbocycles. The Morgan fingerprint density at radius 1 is 1.07 bits per heavy atom. The van der Waals surface area contributed by atoms with Gasteiger partial charge in [0, 0.05) is 37.6 Å². The van der Waals surface area contributed by atoms with Crippen molar-refractivity contribution in [2.45, 2.75) is 13.1 Å². The number of allylic oxidation sites excluding steroid dienone is 1. The van der Waals surface area contributed by atoms with E-state index < -0.39 is 0 Å². The summed E-state index contributed by atoms with van der Waals surface area (Å²) >= 11 is 1.78. The second-order valence-electron chi connectivity index (χ2n) is 6.79. The van der Waals surface area contributed by atoms with Crippen LogP contribution < -0.4 is 0 Å². The van der Waals surface area contributed by atoms with E-state index in [1.165, 1.54) is 4.88 Å². The van der Waals surface area contributed by atoms with E-state index in [4.69, 9.17) is 0 Å². The van der Waals surface area contributed by atoms with Crippen molar-refractivity contribution in [1.82, 2.24) is 24.8 Å². The Morgan fingerprint density at radius 2 is 1.89 bits per heavy atom. The van der Waals surface area contributed by atoms with E-state index in [0.29, 0.717) is 12.2 Å². The summed E-state index contributed by atoms with van der Waals surface area (Å²) < 4.78 is 1.69. The molecule has 28 heavy (non-hydrogen) atoms. The largest absolute Gasteiger partial charge is 0.335 e. The summed E-state index contributed by atoms with van der Waals surface area (Å²) in [6, 6.07) is 14.3. The molecule has 1 amide bonds. The molecule has 1 aliphatic rings. The van der Waals surface area contributed by atoms with E-state index in [0.717, 1.165) is 38.3 Å². The fraction of sp³-hybridized carbons (Fsp3) is 0.286. The minimum Gasteiger partial charge on any atom is -0.335 e. The van der Waals surface area contributed by atoms with Crippen molar-refractivity contribution in [3.8, 4) is 0 Å². The van der Waals surface area contributed by atoms with Crippen LogP contribution >= 0.6 is 11.3 Å². The minimum atomic E-state index is -0.0333. The fourth-order valence-electron chi connectivity index (χ4n) is 3.24. The van der Waals surface area contributed by atoms with Crippen molar-refractivity contribution < 1.29 is 4.79 Å². The first-order valence-corrected chi connectivity index (χ1v) is 10.3. The van der Waals surface area contributed by atoms with Crippen molar-refractivity contribution in [2.24, 2.45) is 0 Å². The van der Waals surface area contributed by atoms with Gasteiger partial charge in [-0.2, -0.15) is 0 Å². The Bertz CT molecular complexity index is 911. The number of piperazine rings is 1. The molecule has 4 rings (SSSR count). The zero-order valence-corrected chi connectivity index (χ0v) is 16.5. The molecule has 2 aromatic heterocycles. The highest BCUT2D eigenvalue weighted by Crippen LogP contribution is 2.14. The fourth-order valence-corrected chi connectivity index (χ4v) is 3.99. The maximum absolute atomic E-state index is 12.7. The molecule has 0 spiro atoms. The molecule has 6 nitrogen and oxygen atoms in total. The Labute approximate surface area is 168 Å². The highest BCUT2D eigenvalue weighted by atomic mass is 32.1. The van der Waals surface area contributed by atoms with Crippen molar-refractivity contribution in [2.75, 3.05) is 26.2 Å². The summed E-state index contributed by atoms with van der Waals surface area (Å²) in [4.78, 5) is 18.3. The highest BCUT2D eigenvalue weighted by Gasteiger charge is 2.24. The summed E-state index contributed by atoms with van der Waals surface area (Å²) in [5, 5.41) is 10.3. The van der Waals surface area contributed by atoms with Gasteiger partial charge in [0.05, 0.1) is 12.7 Å². The maximum atomic E-state index is 12.7. The molecule has 3 heterocycles. The van der Waals surface area contributed by atoms with E-state index in [1.54, 1.807) is 22.2 Å². The van der Waals surface area contributed by atoms with Crippen LogP contribution in [-0.4, -0.2) is 56.9 Å². The molecule has 1 aliphatic heterocycles. The lowest BCUT2D eigenvalue weighted by Gasteiger charge is -2.34. The number of rotatable bonds is 6. The Morgan fingerprint density at radius 3 is 2.64 bits per heavy atom. The van der Waals surface area contributed by atoms with Crippen LogP contribution in [0.4, 0.5) is 0 Å². The van der Waals surface area contributed by atoms with Gasteiger partial charge in [-0.25, -0.2) is 4.68 Å². The molecular weight excluding hydrogens is 370 g/mol. The van der Waals surface area contributed by atoms with E-state index in [1.807, 2.05) is 47.4 Å². The molecule has 7 heteroatoms. The zero-order valence-electron chi connectivity index (χ0n) is 15.6. The number of amides is 1. The van der Waals surface area contributed by atoms with Gasteiger partial charge in [-0.1, -0.05) is 53.8 Å². The van der Waals surface area contributed by atoms with Crippen LogP contribution in [0.1, 0.15) is 20.9 Å². The first-order valence-electron chi connectivity index (χ1n) is 9.44. The van der Waals surface area contributed by atoms with Crippen molar-refractivity contribution in [1.29, 1.82) is 0 Å². The summed E-state index contributed by atoms with van der Waals surface area (Å²) in [5.74, 6) is -0.0333. The number of hydrogen-bond acceptors (Lipinski definition) is 5. The number of thiophene rings is 1.